The maximum Gasteiger partial charge on any atom is 0.407 e. The van der Waals surface area contributed by atoms with Crippen LogP contribution in [0.1, 0.15) is 43.2 Å². The van der Waals surface area contributed by atoms with Gasteiger partial charge in [-0.3, -0.25) is 4.79 Å². The highest BCUT2D eigenvalue weighted by atomic mass is 16.5. The summed E-state index contributed by atoms with van der Waals surface area (Å²) < 4.78 is 5.55. The highest BCUT2D eigenvalue weighted by Crippen LogP contribution is 2.45. The molecule has 1 saturated heterocycles. The number of hydrogen-bond acceptors (Lipinski definition) is 4. The van der Waals surface area contributed by atoms with Gasteiger partial charge in [-0.2, -0.15) is 0 Å². The molecule has 7 nitrogen and oxygen atoms in total. The number of benzene rings is 2. The highest BCUT2D eigenvalue weighted by Gasteiger charge is 2.52. The Morgan fingerprint density at radius 3 is 2.36 bits per heavy atom. The van der Waals surface area contributed by atoms with Crippen LogP contribution in [-0.2, 0) is 14.3 Å². The molecule has 2 aliphatic carbocycles. The molecule has 3 aliphatic rings. The van der Waals surface area contributed by atoms with Crippen molar-refractivity contribution >= 4 is 18.0 Å². The van der Waals surface area contributed by atoms with Crippen molar-refractivity contribution in [3.63, 3.8) is 0 Å². The maximum absolute atomic E-state index is 12.8. The molecule has 2 N–H and O–H groups in total. The largest absolute Gasteiger partial charge is 0.480 e. The van der Waals surface area contributed by atoms with E-state index in [0.29, 0.717) is 32.4 Å². The number of fused-ring (bicyclic) bond motifs is 3. The molecule has 1 heterocycles. The second-order valence-electron chi connectivity index (χ2n) is 9.48. The van der Waals surface area contributed by atoms with Crippen LogP contribution in [0.5, 0.6) is 0 Å². The number of carboxylic acid groups (broad SMARTS) is 1. The van der Waals surface area contributed by atoms with E-state index in [2.05, 4.69) is 29.6 Å². The van der Waals surface area contributed by atoms with Crippen LogP contribution in [-0.4, -0.2) is 53.2 Å². The van der Waals surface area contributed by atoms with Crippen LogP contribution >= 0.6 is 0 Å². The molecular weight excluding hydrogens is 420 g/mol. The van der Waals surface area contributed by atoms with Gasteiger partial charge in [-0.05, 0) is 54.4 Å². The van der Waals surface area contributed by atoms with Crippen molar-refractivity contribution in [3.05, 3.63) is 59.7 Å². The second kappa shape index (κ2) is 8.21. The molecule has 7 heteroatoms. The van der Waals surface area contributed by atoms with E-state index >= 15 is 0 Å². The fourth-order valence-corrected chi connectivity index (χ4v) is 5.38. The van der Waals surface area contributed by atoms with Crippen LogP contribution in [0.4, 0.5) is 4.79 Å². The standard InChI is InChI=1S/C26H28N2O5/c1-26(24(30)31)11-6-12-28(26)23(29)21-13-16(21)14-27-25(32)33-15-22-19-9-4-2-7-17(19)18-8-3-5-10-20(18)22/h2-5,7-10,16,21-22H,6,11-15H2,1H3,(H,27,32)(H,30,31)/t16-,21-,26-/m0/s1. The van der Waals surface area contributed by atoms with Gasteiger partial charge in [0.2, 0.25) is 5.91 Å². The summed E-state index contributed by atoms with van der Waals surface area (Å²) >= 11 is 0. The minimum absolute atomic E-state index is 0.00210. The topological polar surface area (TPSA) is 95.9 Å². The van der Waals surface area contributed by atoms with Gasteiger partial charge in [0.25, 0.3) is 0 Å². The third-order valence-corrected chi connectivity index (χ3v) is 7.46. The summed E-state index contributed by atoms with van der Waals surface area (Å²) in [5, 5.41) is 12.3. The SMILES string of the molecule is C[C@@]1(C(=O)O)CCCN1C(=O)[C@H]1C[C@H]1CNC(=O)OCC1c2ccccc2-c2ccccc21. The fourth-order valence-electron chi connectivity index (χ4n) is 5.38. The zero-order valence-corrected chi connectivity index (χ0v) is 18.6. The smallest absolute Gasteiger partial charge is 0.407 e. The molecule has 2 aromatic rings. The lowest BCUT2D eigenvalue weighted by molar-refractivity contribution is -0.155. The Morgan fingerprint density at radius 1 is 1.09 bits per heavy atom. The van der Waals surface area contributed by atoms with Crippen LogP contribution in [0.25, 0.3) is 11.1 Å². The van der Waals surface area contributed by atoms with Crippen molar-refractivity contribution in [2.45, 2.75) is 37.6 Å². The number of aliphatic carboxylic acids is 1. The predicted molar refractivity (Wildman–Crippen MR) is 122 cm³/mol. The average molecular weight is 449 g/mol. The first-order valence-corrected chi connectivity index (χ1v) is 11.5. The maximum atomic E-state index is 12.8. The number of carbonyl (C=O) groups excluding carboxylic acids is 2. The second-order valence-corrected chi connectivity index (χ2v) is 9.48. The highest BCUT2D eigenvalue weighted by molar-refractivity contribution is 5.90. The minimum Gasteiger partial charge on any atom is -0.480 e. The molecule has 1 aliphatic heterocycles. The molecular formula is C26H28N2O5. The van der Waals surface area contributed by atoms with Crippen LogP contribution in [0, 0.1) is 11.8 Å². The monoisotopic (exact) mass is 448 g/mol. The van der Waals surface area contributed by atoms with Crippen LogP contribution in [0.2, 0.25) is 0 Å². The molecule has 0 bridgehead atoms. The molecule has 2 aromatic carbocycles. The Morgan fingerprint density at radius 2 is 1.73 bits per heavy atom. The van der Waals surface area contributed by atoms with Crippen molar-refractivity contribution in [1.29, 1.82) is 0 Å². The van der Waals surface area contributed by atoms with Crippen LogP contribution in [0.15, 0.2) is 48.5 Å². The van der Waals surface area contributed by atoms with Gasteiger partial charge in [0.15, 0.2) is 0 Å². The molecule has 2 fully saturated rings. The third kappa shape index (κ3) is 3.75. The fraction of sp³-hybridized carbons (Fsp3) is 0.423. The lowest BCUT2D eigenvalue weighted by Gasteiger charge is -2.31. The van der Waals surface area contributed by atoms with Gasteiger partial charge >= 0.3 is 12.1 Å². The van der Waals surface area contributed by atoms with E-state index in [1.54, 1.807) is 6.92 Å². The molecule has 1 saturated carbocycles. The molecule has 33 heavy (non-hydrogen) atoms. The number of amides is 2. The number of alkyl carbamates (subject to hydrolysis) is 1. The van der Waals surface area contributed by atoms with E-state index in [9.17, 15) is 19.5 Å². The number of carbonyl (C=O) groups is 3. The van der Waals surface area contributed by atoms with Gasteiger partial charge in [-0.15, -0.1) is 0 Å². The first-order valence-electron chi connectivity index (χ1n) is 11.5. The third-order valence-electron chi connectivity index (χ3n) is 7.46. The Kier molecular flexibility index (Phi) is 5.35. The normalized spacial score (nSPS) is 25.3. The summed E-state index contributed by atoms with van der Waals surface area (Å²) in [5.74, 6) is -1.27. The Bertz CT molecular complexity index is 1070. The quantitative estimate of drug-likeness (QED) is 0.704. The van der Waals surface area contributed by atoms with Crippen LogP contribution < -0.4 is 5.32 Å². The zero-order valence-electron chi connectivity index (χ0n) is 18.6. The number of carboxylic acids is 1. The number of nitrogens with zero attached hydrogens (tertiary/aromatic N) is 1. The predicted octanol–water partition coefficient (Wildman–Crippen LogP) is 3.63. The summed E-state index contributed by atoms with van der Waals surface area (Å²) in [4.78, 5) is 38.4. The van der Waals surface area contributed by atoms with Crippen molar-refractivity contribution in [1.82, 2.24) is 10.2 Å². The van der Waals surface area contributed by atoms with Crippen molar-refractivity contribution in [3.8, 4) is 11.1 Å². The van der Waals surface area contributed by atoms with E-state index in [-0.39, 0.29) is 30.3 Å². The Labute approximate surface area is 192 Å². The molecule has 0 unspecified atom stereocenters. The van der Waals surface area contributed by atoms with Crippen molar-refractivity contribution in [2.24, 2.45) is 11.8 Å². The molecule has 5 rings (SSSR count). The summed E-state index contributed by atoms with van der Waals surface area (Å²) in [6.45, 7) is 2.69. The first-order chi connectivity index (χ1) is 15.9. The number of nitrogens with one attached hydrogen (secondary N) is 1. The summed E-state index contributed by atoms with van der Waals surface area (Å²) in [6.07, 6.45) is 1.34. The van der Waals surface area contributed by atoms with Gasteiger partial charge in [-0.1, -0.05) is 48.5 Å². The molecule has 0 spiro atoms. The van der Waals surface area contributed by atoms with Crippen LogP contribution in [0.3, 0.4) is 0 Å². The van der Waals surface area contributed by atoms with E-state index in [1.165, 1.54) is 16.0 Å². The molecule has 2 amide bonds. The number of hydrogen-bond donors (Lipinski definition) is 2. The molecule has 0 radical (unpaired) electrons. The van der Waals surface area contributed by atoms with Gasteiger partial charge in [-0.25, -0.2) is 9.59 Å². The van der Waals surface area contributed by atoms with E-state index in [0.717, 1.165) is 11.1 Å². The van der Waals surface area contributed by atoms with Crippen molar-refractivity contribution < 1.29 is 24.2 Å². The summed E-state index contributed by atoms with van der Waals surface area (Å²) in [6, 6.07) is 16.4. The number of ether oxygens (including phenoxy) is 1. The first kappa shape index (κ1) is 21.5. The lowest BCUT2D eigenvalue weighted by Crippen LogP contribution is -2.51. The summed E-state index contributed by atoms with van der Waals surface area (Å²) in [5.41, 5.74) is 3.55. The van der Waals surface area contributed by atoms with Gasteiger partial charge in [0.1, 0.15) is 12.1 Å². The van der Waals surface area contributed by atoms with E-state index in [4.69, 9.17) is 4.74 Å². The van der Waals surface area contributed by atoms with E-state index in [1.807, 2.05) is 24.3 Å². The lowest BCUT2D eigenvalue weighted by atomic mass is 9.98. The molecule has 0 aromatic heterocycles. The van der Waals surface area contributed by atoms with E-state index < -0.39 is 17.6 Å². The minimum atomic E-state index is -1.12. The van der Waals surface area contributed by atoms with Gasteiger partial charge in [0.05, 0.1) is 0 Å². The molecule has 3 atom stereocenters. The van der Waals surface area contributed by atoms with Gasteiger partial charge < -0.3 is 20.1 Å². The number of rotatable bonds is 6. The Balaban J connectivity index is 1.13. The zero-order chi connectivity index (χ0) is 23.2. The Hall–Kier alpha value is -3.35. The van der Waals surface area contributed by atoms with Crippen molar-refractivity contribution in [2.75, 3.05) is 19.7 Å². The summed E-state index contributed by atoms with van der Waals surface area (Å²) in [7, 11) is 0. The molecule has 172 valence electrons. The number of likely N-dealkylation sites (tertiary alicyclic amines) is 1. The average Bonchev–Trinajstić information content (AvgIpc) is 3.38. The van der Waals surface area contributed by atoms with Gasteiger partial charge in [0, 0.05) is 24.9 Å².